The predicted molar refractivity (Wildman–Crippen MR) is 196 cm³/mol. The molecule has 0 aliphatic rings. The van der Waals surface area contributed by atoms with Crippen molar-refractivity contribution in [2.75, 3.05) is 5.75 Å². The van der Waals surface area contributed by atoms with E-state index in [0.717, 1.165) is 37.8 Å². The van der Waals surface area contributed by atoms with Gasteiger partial charge in [-0.15, -0.1) is 0 Å². The Balaban J connectivity index is 1.46. The van der Waals surface area contributed by atoms with Gasteiger partial charge in [-0.3, -0.25) is 4.98 Å². The summed E-state index contributed by atoms with van der Waals surface area (Å²) in [5, 5.41) is 4.21. The van der Waals surface area contributed by atoms with Gasteiger partial charge in [-0.05, 0) is 50.8 Å². The molecule has 6 rings (SSSR count). The molecule has 0 aliphatic heterocycles. The van der Waals surface area contributed by atoms with E-state index >= 15 is 0 Å². The topological polar surface area (TPSA) is 17.8 Å². The molecular weight excluding hydrogens is 567 g/mol. The Morgan fingerprint density at radius 2 is 1.23 bits per heavy atom. The van der Waals surface area contributed by atoms with Crippen molar-refractivity contribution in [1.29, 1.82) is 0 Å². The molecule has 5 aromatic carbocycles. The van der Waals surface area contributed by atoms with E-state index in [1.54, 1.807) is 0 Å². The van der Waals surface area contributed by atoms with Crippen molar-refractivity contribution in [3.8, 4) is 0 Å². The fraction of sp³-hybridized carbons (Fsp3) is 0.103. The molecule has 216 valence electrons. The Hall–Kier alpha value is -4.32. The van der Waals surface area contributed by atoms with Gasteiger partial charge < -0.3 is 4.57 Å². The zero-order valence-corrected chi connectivity index (χ0v) is 26.9. The van der Waals surface area contributed by atoms with Crippen LogP contribution in [0.2, 0.25) is 0 Å². The second kappa shape index (κ2) is 14.4. The summed E-state index contributed by atoms with van der Waals surface area (Å²) in [4.78, 5) is 4.97. The predicted octanol–water partition coefficient (Wildman–Crippen LogP) is 5.72. The number of hydrogen-bond donors (Lipinski definition) is 1. The van der Waals surface area contributed by atoms with Crippen LogP contribution >= 0.6 is 12.6 Å². The van der Waals surface area contributed by atoms with E-state index in [0.29, 0.717) is 0 Å². The van der Waals surface area contributed by atoms with Crippen molar-refractivity contribution >= 4 is 60.8 Å². The minimum atomic E-state index is -2.53. The van der Waals surface area contributed by atoms with Gasteiger partial charge in [0.25, 0.3) is 0 Å². The first kappa shape index (κ1) is 29.7. The summed E-state index contributed by atoms with van der Waals surface area (Å²) in [5.74, 6) is 0.904. The van der Waals surface area contributed by atoms with E-state index in [4.69, 9.17) is 4.98 Å². The molecule has 0 amide bonds. The average Bonchev–Trinajstić information content (AvgIpc) is 3.54. The van der Waals surface area contributed by atoms with Crippen molar-refractivity contribution in [3.05, 3.63) is 175 Å². The molecule has 1 heterocycles. The van der Waals surface area contributed by atoms with Crippen LogP contribution in [0.15, 0.2) is 158 Å². The standard InChI is InChI=1S/C39H37BN2SSi/c43-29-13-16-32-23-25-37(26-24-32)44(35-19-9-3-10-20-35,36-21-11-4-12-22-36)31-42-28-27-41-39(42)40-38(34-17-7-2-8-18-34)30-33-14-5-1-6-15-33/h1-12,14-15,17-28,30,40,43H,13,16,29,31H2. The van der Waals surface area contributed by atoms with Crippen LogP contribution in [0.4, 0.5) is 0 Å². The highest BCUT2D eigenvalue weighted by molar-refractivity contribution is 7.80. The first-order valence-electron chi connectivity index (χ1n) is 15.4. The normalized spacial score (nSPS) is 11.8. The molecule has 2 nitrogen and oxygen atoms in total. The van der Waals surface area contributed by atoms with E-state index in [1.807, 2.05) is 6.20 Å². The van der Waals surface area contributed by atoms with Gasteiger partial charge >= 0.3 is 0 Å². The van der Waals surface area contributed by atoms with Crippen molar-refractivity contribution in [1.82, 2.24) is 9.55 Å². The van der Waals surface area contributed by atoms with Gasteiger partial charge in [-0.25, -0.2) is 0 Å². The van der Waals surface area contributed by atoms with Crippen LogP contribution in [0.5, 0.6) is 0 Å². The SMILES string of the molecule is SCCCc1ccc([Si](Cn2ccnc2BC(=Cc2ccccc2)c2ccccc2)(c2ccccc2)c2ccccc2)cc1. The van der Waals surface area contributed by atoms with E-state index in [1.165, 1.54) is 37.7 Å². The minimum absolute atomic E-state index is 0.739. The monoisotopic (exact) mass is 604 g/mol. The number of nitrogens with zero attached hydrogens (tertiary/aromatic N) is 2. The molecule has 6 aromatic rings. The lowest BCUT2D eigenvalue weighted by atomic mass is 9.65. The first-order valence-corrected chi connectivity index (χ1v) is 18.2. The third-order valence-corrected chi connectivity index (χ3v) is 13.5. The third kappa shape index (κ3) is 6.75. The molecule has 0 fully saturated rings. The maximum atomic E-state index is 4.97. The maximum absolute atomic E-state index is 4.97. The number of aromatic nitrogens is 2. The lowest BCUT2D eigenvalue weighted by Crippen LogP contribution is -2.70. The lowest BCUT2D eigenvalue weighted by Gasteiger charge is -2.35. The van der Waals surface area contributed by atoms with E-state index < -0.39 is 8.07 Å². The number of aryl methyl sites for hydroxylation is 1. The lowest BCUT2D eigenvalue weighted by molar-refractivity contribution is 0.893. The molecule has 0 radical (unpaired) electrons. The largest absolute Gasteiger partial charge is 0.345 e. The summed E-state index contributed by atoms with van der Waals surface area (Å²) >= 11 is 4.44. The second-order valence-electron chi connectivity index (χ2n) is 11.3. The third-order valence-electron chi connectivity index (χ3n) is 8.45. The van der Waals surface area contributed by atoms with Crippen LogP contribution < -0.4 is 21.3 Å². The van der Waals surface area contributed by atoms with Gasteiger partial charge in [0.05, 0.1) is 5.72 Å². The summed E-state index contributed by atoms with van der Waals surface area (Å²) in [5.41, 5.74) is 6.11. The average molecular weight is 605 g/mol. The summed E-state index contributed by atoms with van der Waals surface area (Å²) in [6.45, 7) is 0. The molecule has 1 aromatic heterocycles. The van der Waals surface area contributed by atoms with Gasteiger partial charge in [-0.2, -0.15) is 12.6 Å². The molecule has 0 saturated carbocycles. The van der Waals surface area contributed by atoms with Crippen LogP contribution in [-0.2, 0) is 12.6 Å². The van der Waals surface area contributed by atoms with Crippen molar-refractivity contribution < 1.29 is 0 Å². The van der Waals surface area contributed by atoms with E-state index in [-0.39, 0.29) is 0 Å². The molecule has 44 heavy (non-hydrogen) atoms. The number of hydrogen-bond acceptors (Lipinski definition) is 2. The fourth-order valence-electron chi connectivity index (χ4n) is 6.17. The van der Waals surface area contributed by atoms with Gasteiger partial charge in [0.1, 0.15) is 0 Å². The molecule has 0 spiro atoms. The Bertz CT molecular complexity index is 1730. The Morgan fingerprint density at radius 3 is 1.82 bits per heavy atom. The second-order valence-corrected chi connectivity index (χ2v) is 15.6. The molecular formula is C39H37BN2SSi. The molecule has 0 saturated heterocycles. The molecule has 5 heteroatoms. The molecule has 0 bridgehead atoms. The van der Waals surface area contributed by atoms with Crippen molar-refractivity contribution in [2.45, 2.75) is 19.0 Å². The zero-order valence-electron chi connectivity index (χ0n) is 25.0. The molecule has 0 aliphatic carbocycles. The number of imidazole rings is 1. The van der Waals surface area contributed by atoms with Crippen LogP contribution in [-0.4, -0.2) is 30.7 Å². The number of rotatable bonds is 12. The highest BCUT2D eigenvalue weighted by atomic mass is 32.1. The molecule has 0 atom stereocenters. The van der Waals surface area contributed by atoms with Crippen LogP contribution in [0.1, 0.15) is 23.1 Å². The highest BCUT2D eigenvalue weighted by Crippen LogP contribution is 2.18. The minimum Gasteiger partial charge on any atom is -0.345 e. The Kier molecular flexibility index (Phi) is 9.76. The number of thiol groups is 1. The van der Waals surface area contributed by atoms with E-state index in [9.17, 15) is 0 Å². The molecule has 0 N–H and O–H groups in total. The zero-order chi connectivity index (χ0) is 30.0. The fourth-order valence-corrected chi connectivity index (χ4v) is 10.9. The quantitative estimate of drug-likeness (QED) is 0.0820. The smallest absolute Gasteiger partial charge is 0.239 e. The van der Waals surface area contributed by atoms with Crippen molar-refractivity contribution in [2.24, 2.45) is 0 Å². The highest BCUT2D eigenvalue weighted by Gasteiger charge is 2.40. The van der Waals surface area contributed by atoms with Crippen LogP contribution in [0, 0.1) is 0 Å². The van der Waals surface area contributed by atoms with Crippen LogP contribution in [0.3, 0.4) is 0 Å². The summed E-state index contributed by atoms with van der Waals surface area (Å²) in [6.07, 6.45) is 9.44. The summed E-state index contributed by atoms with van der Waals surface area (Å²) in [6, 6.07) is 53.0. The van der Waals surface area contributed by atoms with Gasteiger partial charge in [0.15, 0.2) is 8.07 Å². The Labute approximate surface area is 268 Å². The summed E-state index contributed by atoms with van der Waals surface area (Å²) in [7, 11) is -1.79. The Morgan fingerprint density at radius 1 is 0.682 bits per heavy atom. The summed E-state index contributed by atoms with van der Waals surface area (Å²) < 4.78 is 2.42. The van der Waals surface area contributed by atoms with Gasteiger partial charge in [-0.1, -0.05) is 157 Å². The maximum Gasteiger partial charge on any atom is 0.239 e. The molecule has 0 unspecified atom stereocenters. The van der Waals surface area contributed by atoms with Crippen molar-refractivity contribution in [3.63, 3.8) is 0 Å². The van der Waals surface area contributed by atoms with Gasteiger partial charge in [0.2, 0.25) is 7.28 Å². The van der Waals surface area contributed by atoms with Crippen LogP contribution in [0.25, 0.3) is 11.5 Å². The van der Waals surface area contributed by atoms with E-state index in [2.05, 4.69) is 175 Å². The number of benzene rings is 5. The van der Waals surface area contributed by atoms with Gasteiger partial charge in [0, 0.05) is 18.6 Å². The first-order chi connectivity index (χ1) is 21.8.